The van der Waals surface area contributed by atoms with Crippen LogP contribution in [0.5, 0.6) is 5.75 Å². The van der Waals surface area contributed by atoms with Crippen LogP contribution in [-0.4, -0.2) is 23.8 Å². The fourth-order valence-electron chi connectivity index (χ4n) is 2.33. The Morgan fingerprint density at radius 1 is 1.17 bits per heavy atom. The molecule has 0 unspecified atom stereocenters. The number of para-hydroxylation sites is 2. The lowest BCUT2D eigenvalue weighted by molar-refractivity contribution is -0.112. The molecule has 2 aromatic carbocycles. The number of methoxy groups -OCH3 is 1. The van der Waals surface area contributed by atoms with Crippen molar-refractivity contribution in [3.05, 3.63) is 59.2 Å². The minimum atomic E-state index is -0.740. The van der Waals surface area contributed by atoms with Crippen molar-refractivity contribution >= 4 is 39.9 Å². The lowest BCUT2D eigenvalue weighted by atomic mass is 10.1. The minimum Gasteiger partial charge on any atom is -0.495 e. The molecule has 1 amide bonds. The smallest absolute Gasteiger partial charge is 0.296 e. The van der Waals surface area contributed by atoms with Crippen LogP contribution >= 0.6 is 11.6 Å². The van der Waals surface area contributed by atoms with E-state index in [0.717, 1.165) is 5.52 Å². The second kappa shape index (κ2) is 6.14. The number of hydrogen-bond acceptors (Lipinski definition) is 3. The summed E-state index contributed by atoms with van der Waals surface area (Å²) < 4.78 is 5.15. The first-order valence-electron chi connectivity index (χ1n) is 6.85. The second-order valence-electron chi connectivity index (χ2n) is 4.88. The highest BCUT2D eigenvalue weighted by Crippen LogP contribution is 2.25. The molecule has 0 aliphatic rings. The highest BCUT2D eigenvalue weighted by molar-refractivity contribution is 6.48. The number of Topliss-reactive ketones (excluding diaryl/α,β-unsaturated/α-hetero) is 1. The molecule has 0 aliphatic carbocycles. The summed E-state index contributed by atoms with van der Waals surface area (Å²) in [7, 11) is 1.49. The van der Waals surface area contributed by atoms with E-state index in [1.165, 1.54) is 13.3 Å². The average Bonchev–Trinajstić information content (AvgIpc) is 2.97. The maximum atomic E-state index is 12.4. The number of H-pyrrole nitrogens is 1. The van der Waals surface area contributed by atoms with Crippen LogP contribution in [0.2, 0.25) is 5.02 Å². The number of carbonyl (C=O) groups excluding carboxylic acids is 2. The number of halogens is 1. The van der Waals surface area contributed by atoms with Crippen LogP contribution in [-0.2, 0) is 4.79 Å². The van der Waals surface area contributed by atoms with Crippen molar-refractivity contribution in [2.45, 2.75) is 0 Å². The first kappa shape index (κ1) is 15.1. The Morgan fingerprint density at radius 2 is 1.96 bits per heavy atom. The second-order valence-corrected chi connectivity index (χ2v) is 5.31. The van der Waals surface area contributed by atoms with Gasteiger partial charge < -0.3 is 15.0 Å². The molecule has 2 N–H and O–H groups in total. The van der Waals surface area contributed by atoms with Gasteiger partial charge >= 0.3 is 0 Å². The number of aromatic amines is 1. The van der Waals surface area contributed by atoms with Crippen molar-refractivity contribution in [1.29, 1.82) is 0 Å². The van der Waals surface area contributed by atoms with Gasteiger partial charge in [-0.25, -0.2) is 0 Å². The van der Waals surface area contributed by atoms with Crippen LogP contribution < -0.4 is 10.1 Å². The fourth-order valence-corrected chi connectivity index (χ4v) is 2.50. The van der Waals surface area contributed by atoms with Crippen molar-refractivity contribution in [3.8, 4) is 5.75 Å². The van der Waals surface area contributed by atoms with Gasteiger partial charge in [-0.3, -0.25) is 9.59 Å². The molecule has 3 aromatic rings. The van der Waals surface area contributed by atoms with Crippen LogP contribution in [0.15, 0.2) is 48.7 Å². The van der Waals surface area contributed by atoms with Gasteiger partial charge in [-0.05, 0) is 30.3 Å². The monoisotopic (exact) mass is 328 g/mol. The summed E-state index contributed by atoms with van der Waals surface area (Å²) in [6, 6.07) is 12.0. The van der Waals surface area contributed by atoms with Crippen LogP contribution in [0.1, 0.15) is 10.4 Å². The maximum Gasteiger partial charge on any atom is 0.296 e. The van der Waals surface area contributed by atoms with Crippen LogP contribution in [0, 0.1) is 0 Å². The summed E-state index contributed by atoms with van der Waals surface area (Å²) in [5.41, 5.74) is 1.45. The molecule has 1 heterocycles. The number of fused-ring (bicyclic) bond motifs is 1. The quantitative estimate of drug-likeness (QED) is 0.567. The molecule has 0 fully saturated rings. The van der Waals surface area contributed by atoms with E-state index in [-0.39, 0.29) is 5.56 Å². The number of carbonyl (C=O) groups is 2. The summed E-state index contributed by atoms with van der Waals surface area (Å²) in [5.74, 6) is -0.907. The molecular weight excluding hydrogens is 316 g/mol. The predicted octanol–water partition coefficient (Wildman–Crippen LogP) is 3.65. The highest BCUT2D eigenvalue weighted by atomic mass is 35.5. The largest absolute Gasteiger partial charge is 0.495 e. The van der Waals surface area contributed by atoms with Crippen molar-refractivity contribution in [2.75, 3.05) is 12.4 Å². The third-order valence-electron chi connectivity index (χ3n) is 3.45. The Hall–Kier alpha value is -2.79. The van der Waals surface area contributed by atoms with E-state index in [2.05, 4.69) is 10.3 Å². The molecule has 5 nitrogen and oxygen atoms in total. The number of aromatic nitrogens is 1. The predicted molar refractivity (Wildman–Crippen MR) is 89.3 cm³/mol. The topological polar surface area (TPSA) is 71.2 Å². The minimum absolute atomic E-state index is 0.273. The van der Waals surface area contributed by atoms with Gasteiger partial charge in [0.15, 0.2) is 0 Å². The number of benzene rings is 2. The Kier molecular flexibility index (Phi) is 4.04. The molecule has 0 saturated heterocycles. The summed E-state index contributed by atoms with van der Waals surface area (Å²) in [5, 5.41) is 3.67. The van der Waals surface area contributed by atoms with Gasteiger partial charge in [-0.1, -0.05) is 23.7 Å². The number of anilines is 1. The first-order valence-corrected chi connectivity index (χ1v) is 7.23. The van der Waals surface area contributed by atoms with Gasteiger partial charge in [0.1, 0.15) is 5.75 Å². The van der Waals surface area contributed by atoms with Gasteiger partial charge in [0.05, 0.1) is 18.4 Å². The molecule has 0 radical (unpaired) electrons. The Balaban J connectivity index is 1.90. The van der Waals surface area contributed by atoms with Crippen molar-refractivity contribution < 1.29 is 14.3 Å². The van der Waals surface area contributed by atoms with Gasteiger partial charge in [0.25, 0.3) is 11.7 Å². The molecule has 6 heteroatoms. The van der Waals surface area contributed by atoms with E-state index in [9.17, 15) is 9.59 Å². The van der Waals surface area contributed by atoms with Gasteiger partial charge in [-0.15, -0.1) is 0 Å². The third kappa shape index (κ3) is 2.91. The van der Waals surface area contributed by atoms with Gasteiger partial charge in [0.2, 0.25) is 0 Å². The number of ketones is 1. The maximum absolute atomic E-state index is 12.4. The molecule has 0 aliphatic heterocycles. The highest BCUT2D eigenvalue weighted by Gasteiger charge is 2.21. The van der Waals surface area contributed by atoms with E-state index < -0.39 is 11.7 Å². The summed E-state index contributed by atoms with van der Waals surface area (Å²) in [6.07, 6.45) is 1.51. The van der Waals surface area contributed by atoms with E-state index in [1.807, 2.05) is 0 Å². The molecular formula is C17H13ClN2O3. The fraction of sp³-hybridized carbons (Fsp3) is 0.0588. The van der Waals surface area contributed by atoms with Crippen molar-refractivity contribution in [2.24, 2.45) is 0 Å². The number of hydrogen-bond donors (Lipinski definition) is 2. The van der Waals surface area contributed by atoms with Gasteiger partial charge in [0, 0.05) is 22.1 Å². The molecule has 23 heavy (non-hydrogen) atoms. The Morgan fingerprint density at radius 3 is 2.74 bits per heavy atom. The van der Waals surface area contributed by atoms with Crippen molar-refractivity contribution in [3.63, 3.8) is 0 Å². The molecule has 116 valence electrons. The first-order chi connectivity index (χ1) is 11.1. The number of ether oxygens (including phenoxy) is 1. The van der Waals surface area contributed by atoms with E-state index >= 15 is 0 Å². The van der Waals surface area contributed by atoms with Crippen molar-refractivity contribution in [1.82, 2.24) is 4.98 Å². The third-order valence-corrected chi connectivity index (χ3v) is 3.68. The lowest BCUT2D eigenvalue weighted by Crippen LogP contribution is -2.22. The molecule has 0 atom stereocenters. The molecule has 3 rings (SSSR count). The zero-order valence-electron chi connectivity index (χ0n) is 12.2. The van der Waals surface area contributed by atoms with E-state index in [4.69, 9.17) is 16.3 Å². The summed E-state index contributed by atoms with van der Waals surface area (Å²) in [4.78, 5) is 27.6. The molecule has 0 saturated carbocycles. The molecule has 0 spiro atoms. The van der Waals surface area contributed by atoms with E-state index in [0.29, 0.717) is 21.8 Å². The SMILES string of the molecule is COc1ccccc1NC(=O)C(=O)c1c[nH]c2ccc(Cl)cc12. The number of rotatable bonds is 4. The van der Waals surface area contributed by atoms with E-state index in [1.54, 1.807) is 42.5 Å². The molecule has 1 aromatic heterocycles. The Bertz CT molecular complexity index is 902. The summed E-state index contributed by atoms with van der Waals surface area (Å²) in [6.45, 7) is 0. The normalized spacial score (nSPS) is 10.5. The standard InChI is InChI=1S/C17H13ClN2O3/c1-23-15-5-3-2-4-14(15)20-17(22)16(21)12-9-19-13-7-6-10(18)8-11(12)13/h2-9,19H,1H3,(H,20,22). The van der Waals surface area contributed by atoms with Crippen LogP contribution in [0.25, 0.3) is 10.9 Å². The zero-order valence-corrected chi connectivity index (χ0v) is 13.0. The number of nitrogens with one attached hydrogen (secondary N) is 2. The van der Waals surface area contributed by atoms with Gasteiger partial charge in [-0.2, -0.15) is 0 Å². The molecule has 0 bridgehead atoms. The lowest BCUT2D eigenvalue weighted by Gasteiger charge is -2.08. The summed E-state index contributed by atoms with van der Waals surface area (Å²) >= 11 is 5.96. The number of amides is 1. The van der Waals surface area contributed by atoms with Crippen LogP contribution in [0.3, 0.4) is 0 Å². The Labute approximate surface area is 137 Å². The van der Waals surface area contributed by atoms with Crippen LogP contribution in [0.4, 0.5) is 5.69 Å². The zero-order chi connectivity index (χ0) is 16.4. The average molecular weight is 329 g/mol.